The third-order valence-corrected chi connectivity index (χ3v) is 3.02. The summed E-state index contributed by atoms with van der Waals surface area (Å²) in [4.78, 5) is 16.1. The highest BCUT2D eigenvalue weighted by atomic mass is 127. The minimum Gasteiger partial charge on any atom is -0.368 e. The first kappa shape index (κ1) is 12.7. The van der Waals surface area contributed by atoms with Crippen LogP contribution in [0.25, 0.3) is 5.95 Å². The van der Waals surface area contributed by atoms with Crippen LogP contribution in [0, 0.1) is 3.57 Å². The van der Waals surface area contributed by atoms with Crippen molar-refractivity contribution in [2.24, 2.45) is 0 Å². The van der Waals surface area contributed by atoms with Crippen molar-refractivity contribution >= 4 is 40.2 Å². The van der Waals surface area contributed by atoms with E-state index < -0.39 is 0 Å². The molecule has 0 saturated heterocycles. The van der Waals surface area contributed by atoms with Gasteiger partial charge in [-0.1, -0.05) is 6.07 Å². The molecule has 0 spiro atoms. The molecule has 20 heavy (non-hydrogen) atoms. The zero-order valence-corrected chi connectivity index (χ0v) is 12.3. The zero-order valence-electron chi connectivity index (χ0n) is 10.1. The monoisotopic (exact) mass is 380 g/mol. The molecule has 0 bridgehead atoms. The van der Waals surface area contributed by atoms with Gasteiger partial charge in [0.15, 0.2) is 0 Å². The van der Waals surface area contributed by atoms with Gasteiger partial charge in [-0.3, -0.25) is 0 Å². The number of hydrogen-bond acceptors (Lipinski definition) is 7. The van der Waals surface area contributed by atoms with Gasteiger partial charge in [0.25, 0.3) is 5.95 Å². The number of hydrogen-bond donors (Lipinski definition) is 2. The molecule has 0 amide bonds. The number of rotatable bonds is 3. The van der Waals surface area contributed by atoms with Gasteiger partial charge in [0.05, 0.1) is 0 Å². The Morgan fingerprint density at radius 3 is 2.85 bits per heavy atom. The van der Waals surface area contributed by atoms with Crippen LogP contribution in [0.2, 0.25) is 0 Å². The number of aromatic nitrogens is 6. The quantitative estimate of drug-likeness (QED) is 0.661. The van der Waals surface area contributed by atoms with E-state index in [1.54, 1.807) is 0 Å². The van der Waals surface area contributed by atoms with Crippen molar-refractivity contribution in [3.05, 3.63) is 40.5 Å². The molecule has 3 rings (SSSR count). The smallest absolute Gasteiger partial charge is 0.258 e. The summed E-state index contributed by atoms with van der Waals surface area (Å²) in [6.45, 7) is 0. The maximum Gasteiger partial charge on any atom is 0.258 e. The van der Waals surface area contributed by atoms with E-state index in [1.165, 1.54) is 17.3 Å². The zero-order chi connectivity index (χ0) is 13.9. The summed E-state index contributed by atoms with van der Waals surface area (Å²) in [6, 6.07) is 7.81. The SMILES string of the molecule is Nc1nc(Nc2cccc(I)c2)nc(-n2cncn2)n1. The van der Waals surface area contributed by atoms with E-state index in [-0.39, 0.29) is 5.95 Å². The molecule has 0 saturated carbocycles. The van der Waals surface area contributed by atoms with E-state index in [9.17, 15) is 0 Å². The second-order valence-electron chi connectivity index (χ2n) is 3.79. The predicted octanol–water partition coefficient (Wildman–Crippen LogP) is 1.38. The fraction of sp³-hybridized carbons (Fsp3) is 0. The van der Waals surface area contributed by atoms with E-state index in [4.69, 9.17) is 5.73 Å². The lowest BCUT2D eigenvalue weighted by Gasteiger charge is -2.07. The molecule has 0 aliphatic heterocycles. The second kappa shape index (κ2) is 5.36. The molecular weight excluding hydrogens is 371 g/mol. The Morgan fingerprint density at radius 1 is 1.20 bits per heavy atom. The Hall–Kier alpha value is -2.30. The third kappa shape index (κ3) is 2.82. The molecule has 8 nitrogen and oxygen atoms in total. The molecular formula is C11H9IN8. The average molecular weight is 380 g/mol. The largest absolute Gasteiger partial charge is 0.368 e. The number of anilines is 3. The number of nitrogens with one attached hydrogen (secondary N) is 1. The number of halogens is 1. The molecule has 0 fully saturated rings. The van der Waals surface area contributed by atoms with Crippen LogP contribution in [0.4, 0.5) is 17.6 Å². The lowest BCUT2D eigenvalue weighted by molar-refractivity contribution is 0.800. The van der Waals surface area contributed by atoms with E-state index >= 15 is 0 Å². The highest BCUT2D eigenvalue weighted by molar-refractivity contribution is 14.1. The number of nitrogen functional groups attached to an aromatic ring is 1. The maximum absolute atomic E-state index is 5.68. The van der Waals surface area contributed by atoms with Crippen LogP contribution in [0.5, 0.6) is 0 Å². The summed E-state index contributed by atoms with van der Waals surface area (Å²) in [6.07, 6.45) is 2.89. The molecule has 100 valence electrons. The van der Waals surface area contributed by atoms with Crippen molar-refractivity contribution in [3.63, 3.8) is 0 Å². The van der Waals surface area contributed by atoms with Gasteiger partial charge in [0.2, 0.25) is 11.9 Å². The first-order valence-corrected chi connectivity index (χ1v) is 6.68. The van der Waals surface area contributed by atoms with E-state index in [0.29, 0.717) is 11.9 Å². The topological polar surface area (TPSA) is 107 Å². The van der Waals surface area contributed by atoms with Gasteiger partial charge in [-0.2, -0.15) is 24.7 Å². The van der Waals surface area contributed by atoms with Gasteiger partial charge >= 0.3 is 0 Å². The Balaban J connectivity index is 1.94. The summed E-state index contributed by atoms with van der Waals surface area (Å²) >= 11 is 2.23. The fourth-order valence-electron chi connectivity index (χ4n) is 1.55. The molecule has 3 aromatic rings. The van der Waals surface area contributed by atoms with Crippen LogP contribution >= 0.6 is 22.6 Å². The highest BCUT2D eigenvalue weighted by Crippen LogP contribution is 2.16. The van der Waals surface area contributed by atoms with Gasteiger partial charge in [-0.15, -0.1) is 0 Å². The molecule has 0 unspecified atom stereocenters. The minimum atomic E-state index is 0.110. The standard InChI is InChI=1S/C11H9IN8/c12-7-2-1-3-8(4-7)16-10-17-9(13)18-11(19-10)20-6-14-5-15-20/h1-6H,(H3,13,16,17,18,19). The fourth-order valence-corrected chi connectivity index (χ4v) is 2.09. The van der Waals surface area contributed by atoms with Crippen LogP contribution in [-0.2, 0) is 0 Å². The van der Waals surface area contributed by atoms with Crippen molar-refractivity contribution in [2.45, 2.75) is 0 Å². The Labute approximate surface area is 127 Å². The summed E-state index contributed by atoms with van der Waals surface area (Å²) in [5.41, 5.74) is 6.55. The first-order valence-electron chi connectivity index (χ1n) is 5.60. The number of benzene rings is 1. The van der Waals surface area contributed by atoms with Crippen LogP contribution in [-0.4, -0.2) is 29.7 Å². The summed E-state index contributed by atoms with van der Waals surface area (Å²) in [5, 5.41) is 7.04. The van der Waals surface area contributed by atoms with Crippen LogP contribution < -0.4 is 11.1 Å². The number of nitrogens with two attached hydrogens (primary N) is 1. The van der Waals surface area contributed by atoms with E-state index in [2.05, 4.69) is 52.9 Å². The van der Waals surface area contributed by atoms with Gasteiger partial charge in [0.1, 0.15) is 12.7 Å². The van der Waals surface area contributed by atoms with Crippen molar-refractivity contribution in [1.82, 2.24) is 29.7 Å². The minimum absolute atomic E-state index is 0.110. The third-order valence-electron chi connectivity index (χ3n) is 2.35. The van der Waals surface area contributed by atoms with Crippen molar-refractivity contribution in [3.8, 4) is 5.95 Å². The molecule has 0 atom stereocenters. The summed E-state index contributed by atoms with van der Waals surface area (Å²) in [7, 11) is 0. The summed E-state index contributed by atoms with van der Waals surface area (Å²) in [5.74, 6) is 0.770. The van der Waals surface area contributed by atoms with E-state index in [0.717, 1.165) is 9.26 Å². The van der Waals surface area contributed by atoms with Gasteiger partial charge < -0.3 is 11.1 Å². The van der Waals surface area contributed by atoms with Gasteiger partial charge in [-0.05, 0) is 40.8 Å². The Bertz CT molecular complexity index is 727. The van der Waals surface area contributed by atoms with Gasteiger partial charge in [0, 0.05) is 9.26 Å². The first-order chi connectivity index (χ1) is 9.70. The molecule has 0 radical (unpaired) electrons. The average Bonchev–Trinajstić information content (AvgIpc) is 2.91. The van der Waals surface area contributed by atoms with Crippen molar-refractivity contribution in [1.29, 1.82) is 0 Å². The molecule has 2 aromatic heterocycles. The van der Waals surface area contributed by atoms with Crippen LogP contribution in [0.1, 0.15) is 0 Å². The number of nitrogens with zero attached hydrogens (tertiary/aromatic N) is 6. The molecule has 0 aliphatic rings. The van der Waals surface area contributed by atoms with Crippen LogP contribution in [0.15, 0.2) is 36.9 Å². The van der Waals surface area contributed by atoms with E-state index in [1.807, 2.05) is 24.3 Å². The Kier molecular flexibility index (Phi) is 3.41. The molecule has 1 aromatic carbocycles. The second-order valence-corrected chi connectivity index (χ2v) is 5.04. The maximum atomic E-state index is 5.68. The van der Waals surface area contributed by atoms with Crippen molar-refractivity contribution < 1.29 is 0 Å². The molecule has 9 heteroatoms. The molecule has 2 heterocycles. The normalized spacial score (nSPS) is 10.4. The summed E-state index contributed by atoms with van der Waals surface area (Å²) < 4.78 is 2.52. The Morgan fingerprint density at radius 2 is 2.10 bits per heavy atom. The highest BCUT2D eigenvalue weighted by Gasteiger charge is 2.07. The van der Waals surface area contributed by atoms with Crippen molar-refractivity contribution in [2.75, 3.05) is 11.1 Å². The lowest BCUT2D eigenvalue weighted by atomic mass is 10.3. The molecule has 3 N–H and O–H groups in total. The predicted molar refractivity (Wildman–Crippen MR) is 81.6 cm³/mol. The molecule has 0 aliphatic carbocycles. The van der Waals surface area contributed by atoms with Crippen LogP contribution in [0.3, 0.4) is 0 Å². The van der Waals surface area contributed by atoms with Gasteiger partial charge in [-0.25, -0.2) is 4.98 Å². The lowest BCUT2D eigenvalue weighted by Crippen LogP contribution is -2.09.